The Morgan fingerprint density at radius 3 is 2.93 bits per heavy atom. The number of carbonyl (C=O) groups excluding carboxylic acids is 1. The monoisotopic (exact) mass is 203 g/mol. The molecule has 0 fully saturated rings. The fourth-order valence-electron chi connectivity index (χ4n) is 1.59. The Morgan fingerprint density at radius 2 is 2.33 bits per heavy atom. The van der Waals surface area contributed by atoms with Crippen molar-refractivity contribution in [3.05, 3.63) is 29.8 Å². The number of carbonyl (C=O) groups is 1. The number of hydrogen-bond donors (Lipinski definition) is 0. The van der Waals surface area contributed by atoms with Gasteiger partial charge in [-0.05, 0) is 30.7 Å². The molecule has 78 valence electrons. The first kappa shape index (κ1) is 9.77. The average Bonchev–Trinajstić information content (AvgIpc) is 2.26. The molecule has 0 aromatic heterocycles. The van der Waals surface area contributed by atoms with Crippen LogP contribution in [0.15, 0.2) is 24.3 Å². The van der Waals surface area contributed by atoms with Crippen molar-refractivity contribution < 1.29 is 9.53 Å². The first-order valence-electron chi connectivity index (χ1n) is 4.95. The van der Waals surface area contributed by atoms with Gasteiger partial charge in [0.25, 0.3) is 0 Å². The summed E-state index contributed by atoms with van der Waals surface area (Å²) in [4.78, 5) is 13.2. The van der Waals surface area contributed by atoms with Crippen LogP contribution in [0.3, 0.4) is 0 Å². The van der Waals surface area contributed by atoms with Crippen LogP contribution in [0.25, 0.3) is 6.08 Å². The lowest BCUT2D eigenvalue weighted by Gasteiger charge is -2.31. The summed E-state index contributed by atoms with van der Waals surface area (Å²) in [5.74, 6) is -0.296. The second-order valence-corrected chi connectivity index (χ2v) is 3.39. The molecule has 0 radical (unpaired) electrons. The molecule has 3 heteroatoms. The number of nitrogens with zero attached hydrogens (tertiary/aromatic N) is 1. The lowest BCUT2D eigenvalue weighted by Crippen LogP contribution is -2.18. The van der Waals surface area contributed by atoms with Gasteiger partial charge in [-0.2, -0.15) is 0 Å². The van der Waals surface area contributed by atoms with Gasteiger partial charge in [0, 0.05) is 18.8 Å². The van der Waals surface area contributed by atoms with E-state index in [1.807, 2.05) is 19.2 Å². The quantitative estimate of drug-likeness (QED) is 0.558. The maximum absolute atomic E-state index is 11.1. The minimum Gasteiger partial charge on any atom is -0.463 e. The molecule has 1 aromatic carbocycles. The highest BCUT2D eigenvalue weighted by atomic mass is 16.5. The summed E-state index contributed by atoms with van der Waals surface area (Å²) < 4.78 is 4.81. The van der Waals surface area contributed by atoms with Crippen molar-refractivity contribution in [2.45, 2.75) is 6.92 Å². The zero-order valence-corrected chi connectivity index (χ0v) is 8.86. The van der Waals surface area contributed by atoms with E-state index in [9.17, 15) is 4.79 Å². The van der Waals surface area contributed by atoms with Gasteiger partial charge in [-0.1, -0.05) is 6.07 Å². The first-order valence-corrected chi connectivity index (χ1v) is 4.95. The second kappa shape index (κ2) is 3.77. The molecular weight excluding hydrogens is 190 g/mol. The summed E-state index contributed by atoms with van der Waals surface area (Å²) in [7, 11) is 2.01. The number of anilines is 2. The van der Waals surface area contributed by atoms with Crippen molar-refractivity contribution in [2.75, 3.05) is 18.6 Å². The predicted octanol–water partition coefficient (Wildman–Crippen LogP) is 2.34. The zero-order chi connectivity index (χ0) is 10.8. The predicted molar refractivity (Wildman–Crippen MR) is 60.2 cm³/mol. The van der Waals surface area contributed by atoms with E-state index in [0.29, 0.717) is 6.61 Å². The third kappa shape index (κ3) is 1.73. The van der Waals surface area contributed by atoms with Gasteiger partial charge in [0.05, 0.1) is 12.3 Å². The van der Waals surface area contributed by atoms with Crippen LogP contribution < -0.4 is 4.90 Å². The molecule has 3 rings (SSSR count). The van der Waals surface area contributed by atoms with Gasteiger partial charge >= 0.3 is 5.97 Å². The molecule has 0 N–H and O–H groups in total. The minimum atomic E-state index is -0.296. The van der Waals surface area contributed by atoms with E-state index < -0.39 is 0 Å². The molecular formula is C12H13NO2. The van der Waals surface area contributed by atoms with E-state index in [2.05, 4.69) is 11.0 Å². The van der Waals surface area contributed by atoms with E-state index in [0.717, 1.165) is 11.3 Å². The largest absolute Gasteiger partial charge is 0.463 e. The second-order valence-electron chi connectivity index (χ2n) is 3.39. The van der Waals surface area contributed by atoms with Gasteiger partial charge in [-0.25, -0.2) is 4.79 Å². The Morgan fingerprint density at radius 1 is 1.53 bits per heavy atom. The first-order chi connectivity index (χ1) is 7.22. The zero-order valence-electron chi connectivity index (χ0n) is 8.86. The minimum absolute atomic E-state index is 0.296. The van der Waals surface area contributed by atoms with E-state index in [4.69, 9.17) is 4.74 Å². The molecule has 2 aliphatic rings. The Balaban J connectivity index is 2.10. The average molecular weight is 203 g/mol. The van der Waals surface area contributed by atoms with Crippen LogP contribution in [0.1, 0.15) is 12.5 Å². The Bertz CT molecular complexity index is 420. The van der Waals surface area contributed by atoms with Crippen molar-refractivity contribution in [3.63, 3.8) is 0 Å². The number of fused-ring (bicyclic) bond motifs is 2. The van der Waals surface area contributed by atoms with Crippen molar-refractivity contribution in [1.82, 2.24) is 0 Å². The number of esters is 1. The number of rotatable bonds is 3. The van der Waals surface area contributed by atoms with E-state index in [-0.39, 0.29) is 5.97 Å². The maximum atomic E-state index is 11.1. The van der Waals surface area contributed by atoms with Crippen LogP contribution in [-0.4, -0.2) is 19.6 Å². The summed E-state index contributed by atoms with van der Waals surface area (Å²) in [6.45, 7) is 2.21. The molecule has 3 nitrogen and oxygen atoms in total. The number of benzene rings is 1. The van der Waals surface area contributed by atoms with Crippen molar-refractivity contribution >= 4 is 23.4 Å². The molecule has 0 saturated heterocycles. The molecule has 2 heterocycles. The summed E-state index contributed by atoms with van der Waals surface area (Å²) in [6, 6.07) is 6.11. The van der Waals surface area contributed by atoms with Crippen LogP contribution in [0.5, 0.6) is 0 Å². The van der Waals surface area contributed by atoms with Crippen LogP contribution >= 0.6 is 0 Å². The molecule has 2 bridgehead atoms. The topological polar surface area (TPSA) is 29.5 Å². The normalized spacial score (nSPS) is 12.8. The van der Waals surface area contributed by atoms with E-state index in [1.54, 1.807) is 13.0 Å². The summed E-state index contributed by atoms with van der Waals surface area (Å²) in [5.41, 5.74) is 3.40. The van der Waals surface area contributed by atoms with Gasteiger partial charge in [0.2, 0.25) is 0 Å². The molecule has 0 spiro atoms. The molecule has 0 unspecified atom stereocenters. The SMILES string of the molecule is CCOC(=O)/C=C/c1ccc2cc1N2C. The molecule has 1 aromatic rings. The Hall–Kier alpha value is -1.77. The smallest absolute Gasteiger partial charge is 0.330 e. The van der Waals surface area contributed by atoms with Crippen LogP contribution in [0, 0.1) is 0 Å². The highest BCUT2D eigenvalue weighted by molar-refractivity contribution is 5.91. The van der Waals surface area contributed by atoms with Gasteiger partial charge in [-0.3, -0.25) is 0 Å². The Kier molecular flexibility index (Phi) is 2.46. The van der Waals surface area contributed by atoms with Gasteiger partial charge in [0.15, 0.2) is 0 Å². The van der Waals surface area contributed by atoms with Crippen molar-refractivity contribution in [2.24, 2.45) is 0 Å². The third-order valence-electron chi connectivity index (χ3n) is 2.45. The molecule has 0 amide bonds. The molecule has 2 aliphatic heterocycles. The third-order valence-corrected chi connectivity index (χ3v) is 2.45. The lowest BCUT2D eigenvalue weighted by molar-refractivity contribution is -0.137. The fraction of sp³-hybridized carbons (Fsp3) is 0.250. The maximum Gasteiger partial charge on any atom is 0.330 e. The van der Waals surface area contributed by atoms with Crippen LogP contribution in [0.2, 0.25) is 0 Å². The van der Waals surface area contributed by atoms with Gasteiger partial charge in [0.1, 0.15) is 0 Å². The summed E-state index contributed by atoms with van der Waals surface area (Å²) >= 11 is 0. The van der Waals surface area contributed by atoms with Gasteiger partial charge < -0.3 is 9.64 Å². The summed E-state index contributed by atoms with van der Waals surface area (Å²) in [5, 5.41) is 0. The van der Waals surface area contributed by atoms with Crippen molar-refractivity contribution in [1.29, 1.82) is 0 Å². The van der Waals surface area contributed by atoms with Crippen molar-refractivity contribution in [3.8, 4) is 0 Å². The number of ether oxygens (including phenoxy) is 1. The fourth-order valence-corrected chi connectivity index (χ4v) is 1.59. The molecule has 0 saturated carbocycles. The molecule has 15 heavy (non-hydrogen) atoms. The van der Waals surface area contributed by atoms with E-state index in [1.165, 1.54) is 11.8 Å². The summed E-state index contributed by atoms with van der Waals surface area (Å²) in [6.07, 6.45) is 3.24. The lowest BCUT2D eigenvalue weighted by atomic mass is 10.0. The van der Waals surface area contributed by atoms with Crippen LogP contribution in [-0.2, 0) is 9.53 Å². The van der Waals surface area contributed by atoms with Crippen LogP contribution in [0.4, 0.5) is 11.4 Å². The highest BCUT2D eigenvalue weighted by Gasteiger charge is 2.17. The molecule has 0 aliphatic carbocycles. The van der Waals surface area contributed by atoms with E-state index >= 15 is 0 Å². The highest BCUT2D eigenvalue weighted by Crippen LogP contribution is 2.39. The van der Waals surface area contributed by atoms with Gasteiger partial charge in [-0.15, -0.1) is 0 Å². The Labute approximate surface area is 89.0 Å². The number of hydrogen-bond acceptors (Lipinski definition) is 3. The molecule has 0 atom stereocenters. The standard InChI is InChI=1S/C12H13NO2/c1-3-15-12(14)7-5-9-4-6-10-8-11(9)13(10)2/h4-8H,3H2,1-2H3/b7-5+.